The van der Waals surface area contributed by atoms with Crippen molar-refractivity contribution in [3.63, 3.8) is 0 Å². The van der Waals surface area contributed by atoms with E-state index in [0.29, 0.717) is 15.9 Å². The van der Waals surface area contributed by atoms with Crippen LogP contribution in [0.2, 0.25) is 0 Å². The standard InChI is InChI=1S/C13H13BrN4O/c1-18(2)11-5-7-15-8-10(11)17-13(19)9-4-3-6-16-12(9)14/h3-8H,1-2H3,(H,17,19). The molecule has 2 aromatic heterocycles. The normalized spacial score (nSPS) is 10.1. The molecule has 2 rings (SSSR count). The Morgan fingerprint density at radius 2 is 2.11 bits per heavy atom. The summed E-state index contributed by atoms with van der Waals surface area (Å²) in [6, 6.07) is 5.27. The fourth-order valence-corrected chi connectivity index (χ4v) is 2.05. The highest BCUT2D eigenvalue weighted by Gasteiger charge is 2.13. The first-order valence-electron chi connectivity index (χ1n) is 5.63. The van der Waals surface area contributed by atoms with Gasteiger partial charge in [0.2, 0.25) is 0 Å². The molecule has 98 valence electrons. The minimum Gasteiger partial charge on any atom is -0.376 e. The number of nitrogens with zero attached hydrogens (tertiary/aromatic N) is 3. The molecule has 0 aliphatic carbocycles. The first-order valence-corrected chi connectivity index (χ1v) is 6.42. The number of hydrogen-bond donors (Lipinski definition) is 1. The number of anilines is 2. The van der Waals surface area contributed by atoms with Crippen molar-refractivity contribution in [2.75, 3.05) is 24.3 Å². The molecule has 2 heterocycles. The van der Waals surface area contributed by atoms with Crippen LogP contribution in [0.3, 0.4) is 0 Å². The summed E-state index contributed by atoms with van der Waals surface area (Å²) in [5.74, 6) is -0.226. The van der Waals surface area contributed by atoms with Crippen LogP contribution in [0.1, 0.15) is 10.4 Å². The largest absolute Gasteiger partial charge is 0.376 e. The summed E-state index contributed by atoms with van der Waals surface area (Å²) >= 11 is 3.26. The van der Waals surface area contributed by atoms with Crippen LogP contribution in [-0.2, 0) is 0 Å². The van der Waals surface area contributed by atoms with Crippen molar-refractivity contribution in [1.82, 2.24) is 9.97 Å². The maximum Gasteiger partial charge on any atom is 0.258 e. The Morgan fingerprint density at radius 1 is 1.32 bits per heavy atom. The van der Waals surface area contributed by atoms with Gasteiger partial charge in [0.15, 0.2) is 0 Å². The van der Waals surface area contributed by atoms with Crippen molar-refractivity contribution in [3.8, 4) is 0 Å². The van der Waals surface area contributed by atoms with Gasteiger partial charge in [0.25, 0.3) is 5.91 Å². The second-order valence-corrected chi connectivity index (χ2v) is 4.83. The highest BCUT2D eigenvalue weighted by molar-refractivity contribution is 9.10. The molecule has 0 saturated carbocycles. The van der Waals surface area contributed by atoms with E-state index in [1.165, 1.54) is 0 Å². The fourth-order valence-electron chi connectivity index (χ4n) is 1.62. The Morgan fingerprint density at radius 3 is 2.79 bits per heavy atom. The lowest BCUT2D eigenvalue weighted by atomic mass is 10.2. The minimum absolute atomic E-state index is 0.226. The molecule has 0 fully saturated rings. The summed E-state index contributed by atoms with van der Waals surface area (Å²) in [5.41, 5.74) is 2.03. The summed E-state index contributed by atoms with van der Waals surface area (Å²) in [7, 11) is 3.82. The van der Waals surface area contributed by atoms with Gasteiger partial charge in [-0.2, -0.15) is 0 Å². The molecule has 19 heavy (non-hydrogen) atoms. The van der Waals surface area contributed by atoms with Gasteiger partial charge in [-0.25, -0.2) is 4.98 Å². The molecule has 0 aromatic carbocycles. The first kappa shape index (κ1) is 13.5. The number of hydrogen-bond acceptors (Lipinski definition) is 4. The van der Waals surface area contributed by atoms with E-state index in [0.717, 1.165) is 5.69 Å². The SMILES string of the molecule is CN(C)c1ccncc1NC(=O)c1cccnc1Br. The first-order chi connectivity index (χ1) is 9.09. The zero-order chi connectivity index (χ0) is 13.8. The third-order valence-electron chi connectivity index (χ3n) is 2.53. The van der Waals surface area contributed by atoms with Crippen LogP contribution in [0.15, 0.2) is 41.4 Å². The zero-order valence-corrected chi connectivity index (χ0v) is 12.2. The average Bonchev–Trinajstić information content (AvgIpc) is 2.39. The molecule has 1 amide bonds. The van der Waals surface area contributed by atoms with Crippen LogP contribution in [0, 0.1) is 0 Å². The number of aromatic nitrogens is 2. The summed E-state index contributed by atoms with van der Waals surface area (Å²) in [6.45, 7) is 0. The molecule has 0 aliphatic rings. The lowest BCUT2D eigenvalue weighted by Gasteiger charge is -2.17. The number of nitrogens with one attached hydrogen (secondary N) is 1. The Bertz CT molecular complexity index is 601. The van der Waals surface area contributed by atoms with Gasteiger partial charge in [-0.15, -0.1) is 0 Å². The number of amides is 1. The molecular weight excluding hydrogens is 308 g/mol. The molecule has 2 aromatic rings. The van der Waals surface area contributed by atoms with Crippen LogP contribution in [-0.4, -0.2) is 30.0 Å². The smallest absolute Gasteiger partial charge is 0.258 e. The van der Waals surface area contributed by atoms with Crippen LogP contribution in [0.25, 0.3) is 0 Å². The second kappa shape index (κ2) is 5.79. The molecule has 0 aliphatic heterocycles. The summed E-state index contributed by atoms with van der Waals surface area (Å²) in [6.07, 6.45) is 4.93. The maximum atomic E-state index is 12.2. The van der Waals surface area contributed by atoms with E-state index < -0.39 is 0 Å². The van der Waals surface area contributed by atoms with E-state index >= 15 is 0 Å². The van der Waals surface area contributed by atoms with Crippen molar-refractivity contribution in [2.45, 2.75) is 0 Å². The maximum absolute atomic E-state index is 12.2. The summed E-state index contributed by atoms with van der Waals surface area (Å²) in [4.78, 5) is 22.2. The highest BCUT2D eigenvalue weighted by atomic mass is 79.9. The van der Waals surface area contributed by atoms with Gasteiger partial charge in [-0.1, -0.05) is 0 Å². The number of pyridine rings is 2. The third-order valence-corrected chi connectivity index (χ3v) is 3.16. The van der Waals surface area contributed by atoms with Crippen molar-refractivity contribution < 1.29 is 4.79 Å². The molecular formula is C13H13BrN4O. The number of halogens is 1. The Hall–Kier alpha value is -1.95. The second-order valence-electron chi connectivity index (χ2n) is 4.08. The number of carbonyl (C=O) groups is 1. The van der Waals surface area contributed by atoms with Gasteiger partial charge in [-0.05, 0) is 34.1 Å². The van der Waals surface area contributed by atoms with Gasteiger partial charge >= 0.3 is 0 Å². The molecule has 0 bridgehead atoms. The van der Waals surface area contributed by atoms with Gasteiger partial charge in [0, 0.05) is 26.5 Å². The number of carbonyl (C=O) groups excluding carboxylic acids is 1. The molecule has 0 radical (unpaired) electrons. The van der Waals surface area contributed by atoms with Crippen LogP contribution >= 0.6 is 15.9 Å². The quantitative estimate of drug-likeness (QED) is 0.883. The Labute approximate surface area is 119 Å². The molecule has 0 saturated heterocycles. The molecule has 5 nitrogen and oxygen atoms in total. The van der Waals surface area contributed by atoms with E-state index in [2.05, 4.69) is 31.2 Å². The van der Waals surface area contributed by atoms with Gasteiger partial charge in [0.1, 0.15) is 4.60 Å². The lowest BCUT2D eigenvalue weighted by Crippen LogP contribution is -2.17. The van der Waals surface area contributed by atoms with E-state index in [9.17, 15) is 4.79 Å². The third kappa shape index (κ3) is 3.08. The lowest BCUT2D eigenvalue weighted by molar-refractivity contribution is 0.102. The van der Waals surface area contributed by atoms with E-state index in [4.69, 9.17) is 0 Å². The van der Waals surface area contributed by atoms with Crippen molar-refractivity contribution >= 4 is 33.2 Å². The van der Waals surface area contributed by atoms with Crippen molar-refractivity contribution in [1.29, 1.82) is 0 Å². The van der Waals surface area contributed by atoms with Gasteiger partial charge in [0.05, 0.1) is 23.1 Å². The Balaban J connectivity index is 2.27. The highest BCUT2D eigenvalue weighted by Crippen LogP contribution is 2.23. The van der Waals surface area contributed by atoms with Crippen LogP contribution in [0.4, 0.5) is 11.4 Å². The van der Waals surface area contributed by atoms with Crippen molar-refractivity contribution in [3.05, 3.63) is 47.0 Å². The summed E-state index contributed by atoms with van der Waals surface area (Å²) in [5, 5.41) is 2.84. The van der Waals surface area contributed by atoms with Crippen molar-refractivity contribution in [2.24, 2.45) is 0 Å². The predicted molar refractivity (Wildman–Crippen MR) is 78.5 cm³/mol. The molecule has 0 unspecified atom stereocenters. The molecule has 0 spiro atoms. The Kier molecular flexibility index (Phi) is 4.11. The number of rotatable bonds is 3. The van der Waals surface area contributed by atoms with Gasteiger partial charge in [-0.3, -0.25) is 9.78 Å². The van der Waals surface area contributed by atoms with E-state index in [1.807, 2.05) is 25.1 Å². The van der Waals surface area contributed by atoms with Crippen LogP contribution in [0.5, 0.6) is 0 Å². The molecule has 0 atom stereocenters. The zero-order valence-electron chi connectivity index (χ0n) is 10.6. The summed E-state index contributed by atoms with van der Waals surface area (Å²) < 4.78 is 0.516. The average molecular weight is 321 g/mol. The molecule has 6 heteroatoms. The van der Waals surface area contributed by atoms with Crippen LogP contribution < -0.4 is 10.2 Å². The topological polar surface area (TPSA) is 58.1 Å². The van der Waals surface area contributed by atoms with E-state index in [-0.39, 0.29) is 5.91 Å². The fraction of sp³-hybridized carbons (Fsp3) is 0.154. The minimum atomic E-state index is -0.226. The van der Waals surface area contributed by atoms with E-state index in [1.54, 1.807) is 30.7 Å². The monoisotopic (exact) mass is 320 g/mol. The molecule has 1 N–H and O–H groups in total. The van der Waals surface area contributed by atoms with Gasteiger partial charge < -0.3 is 10.2 Å². The predicted octanol–water partition coefficient (Wildman–Crippen LogP) is 2.56.